The summed E-state index contributed by atoms with van der Waals surface area (Å²) in [5.41, 5.74) is 1.92. The molecule has 22 heavy (non-hydrogen) atoms. The van der Waals surface area contributed by atoms with E-state index in [1.54, 1.807) is 11.8 Å². The molecule has 1 aromatic carbocycles. The molecule has 0 aromatic heterocycles. The van der Waals surface area contributed by atoms with Crippen LogP contribution in [-0.4, -0.2) is 50.4 Å². The first-order valence-electron chi connectivity index (χ1n) is 7.82. The maximum absolute atomic E-state index is 12.1. The number of carbonyl (C=O) groups is 2. The third-order valence-corrected chi connectivity index (χ3v) is 4.07. The van der Waals surface area contributed by atoms with Crippen molar-refractivity contribution in [3.63, 3.8) is 0 Å². The van der Waals surface area contributed by atoms with Crippen molar-refractivity contribution in [2.24, 2.45) is 0 Å². The molecule has 0 N–H and O–H groups in total. The molecule has 1 aromatic rings. The van der Waals surface area contributed by atoms with Crippen LogP contribution in [0.15, 0.2) is 24.3 Å². The summed E-state index contributed by atoms with van der Waals surface area (Å²) < 4.78 is 0. The Kier molecular flexibility index (Phi) is 5.41. The highest BCUT2D eigenvalue weighted by Gasteiger charge is 2.20. The molecule has 1 fully saturated rings. The third-order valence-electron chi connectivity index (χ3n) is 4.07. The van der Waals surface area contributed by atoms with Gasteiger partial charge >= 0.3 is 0 Å². The minimum Gasteiger partial charge on any atom is -0.378 e. The first-order valence-corrected chi connectivity index (χ1v) is 7.82. The van der Waals surface area contributed by atoms with Gasteiger partial charge in [-0.15, -0.1) is 0 Å². The van der Waals surface area contributed by atoms with E-state index in [0.717, 1.165) is 37.3 Å². The lowest BCUT2D eigenvalue weighted by Crippen LogP contribution is -2.35. The Labute approximate surface area is 132 Å². The van der Waals surface area contributed by atoms with E-state index in [9.17, 15) is 9.59 Å². The standard InChI is InChI=1S/C17H25N3O2/c1-14(21)20(13-10-17(22)19-11-4-5-12-19)16-8-6-15(7-9-16)18(2)3/h6-9H,4-5,10-13H2,1-3H3. The van der Waals surface area contributed by atoms with Crippen molar-refractivity contribution >= 4 is 23.2 Å². The molecule has 0 spiro atoms. The number of likely N-dealkylation sites (tertiary alicyclic amines) is 1. The van der Waals surface area contributed by atoms with Crippen molar-refractivity contribution in [1.29, 1.82) is 0 Å². The minimum absolute atomic E-state index is 0.0353. The zero-order chi connectivity index (χ0) is 16.1. The molecule has 5 nitrogen and oxygen atoms in total. The third kappa shape index (κ3) is 4.00. The maximum Gasteiger partial charge on any atom is 0.224 e. The zero-order valence-electron chi connectivity index (χ0n) is 13.7. The highest BCUT2D eigenvalue weighted by Crippen LogP contribution is 2.20. The summed E-state index contributed by atoms with van der Waals surface area (Å²) in [5.74, 6) is 0.112. The van der Waals surface area contributed by atoms with E-state index in [-0.39, 0.29) is 11.8 Å². The van der Waals surface area contributed by atoms with E-state index >= 15 is 0 Å². The molecule has 5 heteroatoms. The monoisotopic (exact) mass is 303 g/mol. The van der Waals surface area contributed by atoms with Gasteiger partial charge in [-0.25, -0.2) is 0 Å². The van der Waals surface area contributed by atoms with Crippen LogP contribution in [0.1, 0.15) is 26.2 Å². The lowest BCUT2D eigenvalue weighted by atomic mass is 10.2. The second-order valence-corrected chi connectivity index (χ2v) is 5.92. The normalized spacial score (nSPS) is 14.0. The van der Waals surface area contributed by atoms with Crippen LogP contribution in [0.5, 0.6) is 0 Å². The van der Waals surface area contributed by atoms with Crippen molar-refractivity contribution in [2.75, 3.05) is 43.5 Å². The Bertz CT molecular complexity index is 519. The molecule has 2 rings (SSSR count). The molecule has 1 heterocycles. The van der Waals surface area contributed by atoms with Gasteiger partial charge in [-0.1, -0.05) is 0 Å². The minimum atomic E-state index is -0.0353. The van der Waals surface area contributed by atoms with Crippen LogP contribution in [0.4, 0.5) is 11.4 Å². The topological polar surface area (TPSA) is 43.9 Å². The largest absolute Gasteiger partial charge is 0.378 e. The SMILES string of the molecule is CC(=O)N(CCC(=O)N1CCCC1)c1ccc(N(C)C)cc1. The number of hydrogen-bond acceptors (Lipinski definition) is 3. The van der Waals surface area contributed by atoms with Gasteiger partial charge in [0.25, 0.3) is 0 Å². The summed E-state index contributed by atoms with van der Waals surface area (Å²) in [6.07, 6.45) is 2.57. The predicted molar refractivity (Wildman–Crippen MR) is 89.2 cm³/mol. The number of rotatable bonds is 5. The first kappa shape index (κ1) is 16.3. The van der Waals surface area contributed by atoms with Crippen LogP contribution in [0.3, 0.4) is 0 Å². The fourth-order valence-electron chi connectivity index (χ4n) is 2.73. The summed E-state index contributed by atoms with van der Waals surface area (Å²) in [6.45, 7) is 3.69. The van der Waals surface area contributed by atoms with E-state index in [1.165, 1.54) is 0 Å². The Hall–Kier alpha value is -2.04. The molecular formula is C17H25N3O2. The highest BCUT2D eigenvalue weighted by molar-refractivity contribution is 5.92. The Morgan fingerprint density at radius 2 is 1.59 bits per heavy atom. The summed E-state index contributed by atoms with van der Waals surface area (Å²) in [5, 5.41) is 0. The predicted octanol–water partition coefficient (Wildman–Crippen LogP) is 2.12. The van der Waals surface area contributed by atoms with Gasteiger partial charge in [0.15, 0.2) is 0 Å². The fourth-order valence-corrected chi connectivity index (χ4v) is 2.73. The molecule has 0 saturated carbocycles. The molecule has 0 radical (unpaired) electrons. The fraction of sp³-hybridized carbons (Fsp3) is 0.529. The molecule has 2 amide bonds. The van der Waals surface area contributed by atoms with Crippen molar-refractivity contribution in [3.05, 3.63) is 24.3 Å². The Morgan fingerprint density at radius 1 is 1.05 bits per heavy atom. The van der Waals surface area contributed by atoms with Crippen LogP contribution in [0, 0.1) is 0 Å². The van der Waals surface area contributed by atoms with Gasteiger partial charge in [-0.2, -0.15) is 0 Å². The quantitative estimate of drug-likeness (QED) is 0.837. The molecule has 1 aliphatic rings. The summed E-state index contributed by atoms with van der Waals surface area (Å²) >= 11 is 0. The summed E-state index contributed by atoms with van der Waals surface area (Å²) in [6, 6.07) is 7.81. The molecule has 0 bridgehead atoms. The number of carbonyl (C=O) groups excluding carboxylic acids is 2. The lowest BCUT2D eigenvalue weighted by Gasteiger charge is -2.23. The molecule has 0 atom stereocenters. The Balaban J connectivity index is 2.00. The number of benzene rings is 1. The van der Waals surface area contributed by atoms with Crippen molar-refractivity contribution in [3.8, 4) is 0 Å². The maximum atomic E-state index is 12.1. The number of hydrogen-bond donors (Lipinski definition) is 0. The molecule has 1 aliphatic heterocycles. The lowest BCUT2D eigenvalue weighted by molar-refractivity contribution is -0.129. The molecular weight excluding hydrogens is 278 g/mol. The van der Waals surface area contributed by atoms with Gasteiger partial charge in [0.1, 0.15) is 0 Å². The van der Waals surface area contributed by atoms with Crippen LogP contribution in [-0.2, 0) is 9.59 Å². The molecule has 0 aliphatic carbocycles. The van der Waals surface area contributed by atoms with E-state index < -0.39 is 0 Å². The van der Waals surface area contributed by atoms with Gasteiger partial charge in [-0.3, -0.25) is 9.59 Å². The van der Waals surface area contributed by atoms with Gasteiger partial charge in [0, 0.05) is 58.4 Å². The van der Waals surface area contributed by atoms with E-state index in [0.29, 0.717) is 13.0 Å². The van der Waals surface area contributed by atoms with Crippen molar-refractivity contribution in [2.45, 2.75) is 26.2 Å². The number of anilines is 2. The highest BCUT2D eigenvalue weighted by atomic mass is 16.2. The van der Waals surface area contributed by atoms with Gasteiger partial charge in [0.05, 0.1) is 0 Å². The van der Waals surface area contributed by atoms with E-state index in [1.807, 2.05) is 48.2 Å². The zero-order valence-corrected chi connectivity index (χ0v) is 13.7. The van der Waals surface area contributed by atoms with Crippen LogP contribution >= 0.6 is 0 Å². The van der Waals surface area contributed by atoms with E-state index in [4.69, 9.17) is 0 Å². The van der Waals surface area contributed by atoms with Gasteiger partial charge < -0.3 is 14.7 Å². The molecule has 120 valence electrons. The second kappa shape index (κ2) is 7.29. The van der Waals surface area contributed by atoms with Crippen LogP contribution < -0.4 is 9.80 Å². The summed E-state index contributed by atoms with van der Waals surface area (Å²) in [4.78, 5) is 29.6. The molecule has 0 unspecified atom stereocenters. The smallest absolute Gasteiger partial charge is 0.224 e. The van der Waals surface area contributed by atoms with Gasteiger partial charge in [-0.05, 0) is 37.1 Å². The van der Waals surface area contributed by atoms with Crippen molar-refractivity contribution in [1.82, 2.24) is 4.90 Å². The van der Waals surface area contributed by atoms with Gasteiger partial charge in [0.2, 0.25) is 11.8 Å². The first-order chi connectivity index (χ1) is 10.5. The van der Waals surface area contributed by atoms with E-state index in [2.05, 4.69) is 0 Å². The van der Waals surface area contributed by atoms with Crippen molar-refractivity contribution < 1.29 is 9.59 Å². The molecule has 1 saturated heterocycles. The van der Waals surface area contributed by atoms with Crippen LogP contribution in [0.2, 0.25) is 0 Å². The summed E-state index contributed by atoms with van der Waals surface area (Å²) in [7, 11) is 3.96. The number of nitrogens with zero attached hydrogens (tertiary/aromatic N) is 3. The second-order valence-electron chi connectivity index (χ2n) is 5.92. The Morgan fingerprint density at radius 3 is 2.09 bits per heavy atom. The average Bonchev–Trinajstić information content (AvgIpc) is 3.01. The average molecular weight is 303 g/mol. The van der Waals surface area contributed by atoms with Crippen LogP contribution in [0.25, 0.3) is 0 Å². The number of amides is 2.